The van der Waals surface area contributed by atoms with E-state index in [0.29, 0.717) is 6.07 Å². The van der Waals surface area contributed by atoms with Gasteiger partial charge in [0.25, 0.3) is 0 Å². The van der Waals surface area contributed by atoms with E-state index in [9.17, 15) is 22.8 Å². The normalized spacial score (nSPS) is 16.2. The highest BCUT2D eigenvalue weighted by molar-refractivity contribution is 5.73. The fraction of sp³-hybridized carbons (Fsp3) is 0.579. The summed E-state index contributed by atoms with van der Waals surface area (Å²) < 4.78 is 52.9. The minimum atomic E-state index is -1.69. The summed E-state index contributed by atoms with van der Waals surface area (Å²) in [4.78, 5) is 25.6. The summed E-state index contributed by atoms with van der Waals surface area (Å²) in [5.74, 6) is -3.74. The number of nitrogens with one attached hydrogen (secondary N) is 1. The molecule has 2 rings (SSSR count). The highest BCUT2D eigenvalue weighted by atomic mass is 19.2. The summed E-state index contributed by atoms with van der Waals surface area (Å²) in [5, 5.41) is 2.40. The summed E-state index contributed by atoms with van der Waals surface area (Å²) in [6.07, 6.45) is -1.66. The van der Waals surface area contributed by atoms with Gasteiger partial charge >= 0.3 is 12.2 Å². The minimum Gasteiger partial charge on any atom is -0.444 e. The van der Waals surface area contributed by atoms with Crippen LogP contribution in [0.1, 0.15) is 47.1 Å². The van der Waals surface area contributed by atoms with Crippen LogP contribution in [-0.2, 0) is 15.0 Å². The molecule has 1 aromatic carbocycles. The van der Waals surface area contributed by atoms with E-state index in [-0.39, 0.29) is 13.1 Å². The number of carbonyl (C=O) groups excluding carboxylic acids is 2. The van der Waals surface area contributed by atoms with Gasteiger partial charge in [-0.3, -0.25) is 0 Å². The van der Waals surface area contributed by atoms with Gasteiger partial charge in [-0.1, -0.05) is 0 Å². The van der Waals surface area contributed by atoms with E-state index < -0.39 is 51.9 Å². The average molecular weight is 402 g/mol. The summed E-state index contributed by atoms with van der Waals surface area (Å²) in [6.45, 7) is 9.26. The van der Waals surface area contributed by atoms with Gasteiger partial charge in [0, 0.05) is 0 Å². The van der Waals surface area contributed by atoms with E-state index in [1.165, 1.54) is 0 Å². The molecule has 1 aliphatic heterocycles. The Balaban J connectivity index is 2.34. The van der Waals surface area contributed by atoms with Crippen molar-refractivity contribution in [3.05, 3.63) is 35.1 Å². The van der Waals surface area contributed by atoms with Crippen LogP contribution in [0.25, 0.3) is 0 Å². The van der Waals surface area contributed by atoms with Crippen molar-refractivity contribution in [2.24, 2.45) is 0 Å². The van der Waals surface area contributed by atoms with E-state index in [0.717, 1.165) is 11.0 Å². The Morgan fingerprint density at radius 2 is 1.46 bits per heavy atom. The molecule has 0 aliphatic carbocycles. The molecule has 0 radical (unpaired) electrons. The van der Waals surface area contributed by atoms with Crippen LogP contribution in [0.2, 0.25) is 0 Å². The van der Waals surface area contributed by atoms with Crippen molar-refractivity contribution >= 4 is 12.2 Å². The van der Waals surface area contributed by atoms with Crippen LogP contribution in [0.5, 0.6) is 0 Å². The number of halogens is 3. The molecular weight excluding hydrogens is 377 g/mol. The van der Waals surface area contributed by atoms with Crippen molar-refractivity contribution in [1.29, 1.82) is 0 Å². The first kappa shape index (κ1) is 21.8. The van der Waals surface area contributed by atoms with Crippen molar-refractivity contribution in [1.82, 2.24) is 10.2 Å². The van der Waals surface area contributed by atoms with Crippen molar-refractivity contribution in [2.45, 2.75) is 58.3 Å². The number of amides is 2. The molecule has 9 heteroatoms. The Bertz CT molecular complexity index is 779. The number of benzene rings is 1. The van der Waals surface area contributed by atoms with Crippen molar-refractivity contribution in [2.75, 3.05) is 13.1 Å². The van der Waals surface area contributed by atoms with Crippen LogP contribution in [0.4, 0.5) is 22.8 Å². The molecule has 0 spiro atoms. The van der Waals surface area contributed by atoms with E-state index in [2.05, 4.69) is 5.32 Å². The molecule has 1 heterocycles. The standard InChI is InChI=1S/C19H25F3N2O4/c1-17(2,3)27-15(25)23-19(13-11(20)7-8-12(21)14(13)22)9-24(10-19)16(26)28-18(4,5)6/h7-8H,9-10H2,1-6H3,(H,23,25). The topological polar surface area (TPSA) is 67.9 Å². The maximum Gasteiger partial charge on any atom is 0.410 e. The number of likely N-dealkylation sites (tertiary alicyclic amines) is 1. The second-order valence-corrected chi connectivity index (χ2v) is 8.76. The Kier molecular flexibility index (Phi) is 5.60. The van der Waals surface area contributed by atoms with Gasteiger partial charge in [0.05, 0.1) is 18.7 Å². The zero-order chi connectivity index (χ0) is 21.5. The van der Waals surface area contributed by atoms with Crippen LogP contribution < -0.4 is 5.32 Å². The highest BCUT2D eigenvalue weighted by Gasteiger charge is 2.52. The van der Waals surface area contributed by atoms with Gasteiger partial charge < -0.3 is 19.7 Å². The first-order chi connectivity index (χ1) is 12.6. The van der Waals surface area contributed by atoms with Gasteiger partial charge in [0.1, 0.15) is 22.6 Å². The zero-order valence-corrected chi connectivity index (χ0v) is 16.8. The Labute approximate surface area is 162 Å². The van der Waals surface area contributed by atoms with Gasteiger partial charge in [0.15, 0.2) is 11.6 Å². The van der Waals surface area contributed by atoms with E-state index in [4.69, 9.17) is 9.47 Å². The van der Waals surface area contributed by atoms with Gasteiger partial charge in [-0.2, -0.15) is 0 Å². The van der Waals surface area contributed by atoms with Gasteiger partial charge in [-0.25, -0.2) is 22.8 Å². The summed E-state index contributed by atoms with van der Waals surface area (Å²) in [6, 6.07) is 1.42. The number of hydrogen-bond acceptors (Lipinski definition) is 4. The number of rotatable bonds is 2. The third-order valence-electron chi connectivity index (χ3n) is 3.84. The summed E-state index contributed by atoms with van der Waals surface area (Å²) in [7, 11) is 0. The lowest BCUT2D eigenvalue weighted by Crippen LogP contribution is -2.70. The molecule has 1 aromatic rings. The third kappa shape index (κ3) is 4.88. The quantitative estimate of drug-likeness (QED) is 0.757. The number of nitrogens with zero attached hydrogens (tertiary/aromatic N) is 1. The molecule has 1 saturated heterocycles. The van der Waals surface area contributed by atoms with E-state index in [1.54, 1.807) is 41.5 Å². The first-order valence-electron chi connectivity index (χ1n) is 8.77. The molecule has 1 aliphatic rings. The maximum atomic E-state index is 14.4. The van der Waals surface area contributed by atoms with Crippen molar-refractivity contribution < 1.29 is 32.2 Å². The van der Waals surface area contributed by atoms with Crippen molar-refractivity contribution in [3.8, 4) is 0 Å². The largest absolute Gasteiger partial charge is 0.444 e. The monoisotopic (exact) mass is 402 g/mol. The van der Waals surface area contributed by atoms with E-state index >= 15 is 0 Å². The number of alkyl carbamates (subject to hydrolysis) is 1. The summed E-state index contributed by atoms with van der Waals surface area (Å²) >= 11 is 0. The highest BCUT2D eigenvalue weighted by Crippen LogP contribution is 2.37. The molecule has 156 valence electrons. The van der Waals surface area contributed by atoms with Gasteiger partial charge in [-0.15, -0.1) is 0 Å². The SMILES string of the molecule is CC(C)(C)OC(=O)NC1(c2c(F)ccc(F)c2F)CN(C(=O)OC(C)(C)C)C1. The lowest BCUT2D eigenvalue weighted by atomic mass is 9.81. The van der Waals surface area contributed by atoms with Gasteiger partial charge in [0.2, 0.25) is 0 Å². The second kappa shape index (κ2) is 7.18. The Morgan fingerprint density at radius 3 is 1.96 bits per heavy atom. The molecule has 1 N–H and O–H groups in total. The lowest BCUT2D eigenvalue weighted by Gasteiger charge is -2.50. The van der Waals surface area contributed by atoms with Crippen LogP contribution in [0.15, 0.2) is 12.1 Å². The minimum absolute atomic E-state index is 0.307. The third-order valence-corrected chi connectivity index (χ3v) is 3.84. The fourth-order valence-corrected chi connectivity index (χ4v) is 2.83. The van der Waals surface area contributed by atoms with E-state index in [1.807, 2.05) is 0 Å². The number of hydrogen-bond donors (Lipinski definition) is 1. The molecular formula is C19H25F3N2O4. The fourth-order valence-electron chi connectivity index (χ4n) is 2.83. The smallest absolute Gasteiger partial charge is 0.410 e. The first-order valence-corrected chi connectivity index (χ1v) is 8.77. The average Bonchev–Trinajstić information content (AvgIpc) is 2.44. The Hall–Kier alpha value is -2.45. The Morgan fingerprint density at radius 1 is 0.964 bits per heavy atom. The predicted octanol–water partition coefficient (Wildman–Crippen LogP) is 4.07. The lowest BCUT2D eigenvalue weighted by molar-refractivity contribution is -0.0248. The molecule has 0 unspecified atom stereocenters. The molecule has 0 bridgehead atoms. The molecule has 1 fully saturated rings. The second-order valence-electron chi connectivity index (χ2n) is 8.76. The molecule has 0 atom stereocenters. The molecule has 0 saturated carbocycles. The predicted molar refractivity (Wildman–Crippen MR) is 95.2 cm³/mol. The zero-order valence-electron chi connectivity index (χ0n) is 16.8. The maximum absolute atomic E-state index is 14.4. The van der Waals surface area contributed by atoms with Crippen LogP contribution in [0.3, 0.4) is 0 Å². The summed E-state index contributed by atoms with van der Waals surface area (Å²) in [5.41, 5.74) is -3.99. The number of ether oxygens (including phenoxy) is 2. The molecule has 28 heavy (non-hydrogen) atoms. The van der Waals surface area contributed by atoms with Gasteiger partial charge in [-0.05, 0) is 53.7 Å². The van der Waals surface area contributed by atoms with Crippen LogP contribution >= 0.6 is 0 Å². The molecule has 0 aromatic heterocycles. The van der Waals surface area contributed by atoms with Crippen LogP contribution in [0, 0.1) is 17.5 Å². The number of carbonyl (C=O) groups is 2. The van der Waals surface area contributed by atoms with Crippen molar-refractivity contribution in [3.63, 3.8) is 0 Å². The van der Waals surface area contributed by atoms with Crippen LogP contribution in [-0.4, -0.2) is 41.4 Å². The molecule has 2 amide bonds. The molecule has 6 nitrogen and oxygen atoms in total.